The summed E-state index contributed by atoms with van der Waals surface area (Å²) >= 11 is 0. The average Bonchev–Trinajstić information content (AvgIpc) is 2.91. The monoisotopic (exact) mass is 344 g/mol. The lowest BCUT2D eigenvalue weighted by Crippen LogP contribution is -2.36. The van der Waals surface area contributed by atoms with Gasteiger partial charge < -0.3 is 9.30 Å². The van der Waals surface area contributed by atoms with Gasteiger partial charge in [-0.2, -0.15) is 0 Å². The van der Waals surface area contributed by atoms with Crippen molar-refractivity contribution in [1.29, 1.82) is 0 Å². The zero-order valence-electron chi connectivity index (χ0n) is 14.6. The smallest absolute Gasteiger partial charge is 0.414 e. The Morgan fingerprint density at radius 2 is 1.92 bits per heavy atom. The van der Waals surface area contributed by atoms with Gasteiger partial charge in [0, 0.05) is 18.8 Å². The van der Waals surface area contributed by atoms with Crippen LogP contribution < -0.4 is 10.5 Å². The molecule has 0 unspecified atom stereocenters. The van der Waals surface area contributed by atoms with Crippen molar-refractivity contribution in [3.05, 3.63) is 63.8 Å². The Morgan fingerprint density at radius 3 is 2.56 bits per heavy atom. The topological polar surface area (TPSA) is 51.5 Å². The molecule has 1 aliphatic heterocycles. The maximum Gasteiger partial charge on any atom is 0.414 e. The minimum absolute atomic E-state index is 0.144. The molecule has 3 rings (SSSR count). The number of hydrogen-bond donors (Lipinski definition) is 0. The number of hydrogen-bond acceptors (Lipinski definition) is 3. The fourth-order valence-electron chi connectivity index (χ4n) is 2.81. The van der Waals surface area contributed by atoms with E-state index in [0.29, 0.717) is 25.2 Å². The third-order valence-electron chi connectivity index (χ3n) is 3.96. The highest BCUT2D eigenvalue weighted by Gasteiger charge is 2.29. The summed E-state index contributed by atoms with van der Waals surface area (Å²) in [5.41, 5.74) is 1.61. The van der Waals surface area contributed by atoms with Gasteiger partial charge in [-0.15, -0.1) is 0 Å². The van der Waals surface area contributed by atoms with E-state index in [9.17, 15) is 14.0 Å². The van der Waals surface area contributed by atoms with Gasteiger partial charge in [-0.3, -0.25) is 9.69 Å². The molecule has 1 aromatic heterocycles. The van der Waals surface area contributed by atoms with Gasteiger partial charge in [0.2, 0.25) is 0 Å². The van der Waals surface area contributed by atoms with E-state index in [2.05, 4.69) is 0 Å². The van der Waals surface area contributed by atoms with Crippen LogP contribution in [-0.4, -0.2) is 22.8 Å². The predicted molar refractivity (Wildman–Crippen MR) is 93.5 cm³/mol. The molecule has 1 amide bonds. The maximum absolute atomic E-state index is 13.0. The molecule has 0 radical (unpaired) electrons. The van der Waals surface area contributed by atoms with Crippen molar-refractivity contribution in [3.8, 4) is 0 Å². The van der Waals surface area contributed by atoms with Crippen molar-refractivity contribution in [2.75, 3.05) is 11.4 Å². The second-order valence-electron chi connectivity index (χ2n) is 7.16. The third-order valence-corrected chi connectivity index (χ3v) is 3.96. The van der Waals surface area contributed by atoms with Gasteiger partial charge in [-0.25, -0.2) is 9.18 Å². The van der Waals surface area contributed by atoms with Gasteiger partial charge in [0.1, 0.15) is 11.4 Å². The first-order valence-electron chi connectivity index (χ1n) is 8.21. The number of pyridine rings is 1. The first kappa shape index (κ1) is 17.2. The Balaban J connectivity index is 1.88. The molecule has 5 nitrogen and oxygen atoms in total. The Hall–Kier alpha value is -2.63. The molecule has 0 aliphatic carbocycles. The van der Waals surface area contributed by atoms with Gasteiger partial charge in [0.05, 0.1) is 12.2 Å². The SMILES string of the molecule is CC(C)(C)OC(=O)N1CCc2cc(=O)n(Cc3ccc(F)cc3)cc21. The molecule has 132 valence electrons. The molecule has 1 aliphatic rings. The van der Waals surface area contributed by atoms with Crippen molar-refractivity contribution in [3.63, 3.8) is 0 Å². The fourth-order valence-corrected chi connectivity index (χ4v) is 2.81. The quantitative estimate of drug-likeness (QED) is 0.840. The minimum Gasteiger partial charge on any atom is -0.443 e. The molecule has 0 saturated heterocycles. The maximum atomic E-state index is 13.0. The van der Waals surface area contributed by atoms with Gasteiger partial charge in [0.15, 0.2) is 0 Å². The number of benzene rings is 1. The van der Waals surface area contributed by atoms with Gasteiger partial charge in [-0.1, -0.05) is 12.1 Å². The summed E-state index contributed by atoms with van der Waals surface area (Å²) < 4.78 is 20.0. The largest absolute Gasteiger partial charge is 0.443 e. The lowest BCUT2D eigenvalue weighted by Gasteiger charge is -2.25. The molecule has 2 heterocycles. The second kappa shape index (κ2) is 6.35. The third kappa shape index (κ3) is 3.90. The normalized spacial score (nSPS) is 13.7. The Morgan fingerprint density at radius 1 is 1.24 bits per heavy atom. The summed E-state index contributed by atoms with van der Waals surface area (Å²) in [4.78, 5) is 26.3. The number of ether oxygens (including phenoxy) is 1. The lowest BCUT2D eigenvalue weighted by atomic mass is 10.2. The van der Waals surface area contributed by atoms with E-state index in [0.717, 1.165) is 11.1 Å². The van der Waals surface area contributed by atoms with Gasteiger partial charge >= 0.3 is 6.09 Å². The van der Waals surface area contributed by atoms with Crippen molar-refractivity contribution in [2.45, 2.75) is 39.3 Å². The summed E-state index contributed by atoms with van der Waals surface area (Å²) in [5.74, 6) is -0.318. The molecule has 0 spiro atoms. The summed E-state index contributed by atoms with van der Waals surface area (Å²) in [6.07, 6.45) is 1.89. The van der Waals surface area contributed by atoms with Gasteiger partial charge in [-0.05, 0) is 50.5 Å². The number of rotatable bonds is 2. The van der Waals surface area contributed by atoms with E-state index in [1.807, 2.05) is 20.8 Å². The zero-order chi connectivity index (χ0) is 18.2. The van der Waals surface area contributed by atoms with Crippen LogP contribution in [-0.2, 0) is 17.7 Å². The molecule has 0 bridgehead atoms. The average molecular weight is 344 g/mol. The number of halogens is 1. The summed E-state index contributed by atoms with van der Waals surface area (Å²) in [7, 11) is 0. The predicted octanol–water partition coefficient (Wildman–Crippen LogP) is 3.33. The molecule has 6 heteroatoms. The van der Waals surface area contributed by atoms with Crippen LogP contribution in [0.2, 0.25) is 0 Å². The summed E-state index contributed by atoms with van der Waals surface area (Å²) in [6.45, 7) is 6.25. The number of fused-ring (bicyclic) bond motifs is 1. The minimum atomic E-state index is -0.581. The van der Waals surface area contributed by atoms with Crippen LogP contribution in [0.25, 0.3) is 0 Å². The van der Waals surface area contributed by atoms with E-state index in [1.54, 1.807) is 29.3 Å². The van der Waals surface area contributed by atoms with E-state index >= 15 is 0 Å². The van der Waals surface area contributed by atoms with Crippen LogP contribution in [0.5, 0.6) is 0 Å². The molecule has 0 saturated carbocycles. The van der Waals surface area contributed by atoms with Crippen LogP contribution in [0.1, 0.15) is 31.9 Å². The first-order valence-corrected chi connectivity index (χ1v) is 8.21. The molecule has 1 aromatic carbocycles. The van der Waals surface area contributed by atoms with E-state index in [4.69, 9.17) is 4.74 Å². The van der Waals surface area contributed by atoms with Crippen LogP contribution in [0.3, 0.4) is 0 Å². The van der Waals surface area contributed by atoms with Crippen LogP contribution in [0.15, 0.2) is 41.3 Å². The lowest BCUT2D eigenvalue weighted by molar-refractivity contribution is 0.0584. The number of amides is 1. The molecule has 0 atom stereocenters. The molecule has 0 N–H and O–H groups in total. The Labute approximate surface area is 145 Å². The molecule has 25 heavy (non-hydrogen) atoms. The number of carbonyl (C=O) groups excluding carboxylic acids is 1. The van der Waals surface area contributed by atoms with Crippen LogP contribution >= 0.6 is 0 Å². The fraction of sp³-hybridized carbons (Fsp3) is 0.368. The number of anilines is 1. The Kier molecular flexibility index (Phi) is 4.37. The summed E-state index contributed by atoms with van der Waals surface area (Å²) in [5, 5.41) is 0. The number of aromatic nitrogens is 1. The standard InChI is InChI=1S/C19H21FN2O3/c1-19(2,3)25-18(24)22-9-8-14-10-17(23)21(12-16(14)22)11-13-4-6-15(20)7-5-13/h4-7,10,12H,8-9,11H2,1-3H3. The Bertz CT molecular complexity index is 850. The van der Waals surface area contributed by atoms with Gasteiger partial charge in [0.25, 0.3) is 5.56 Å². The summed E-state index contributed by atoms with van der Waals surface area (Å²) in [6, 6.07) is 7.56. The number of nitrogens with zero attached hydrogens (tertiary/aromatic N) is 2. The van der Waals surface area contributed by atoms with E-state index < -0.39 is 11.7 Å². The highest BCUT2D eigenvalue weighted by molar-refractivity contribution is 5.90. The van der Waals surface area contributed by atoms with Crippen molar-refractivity contribution >= 4 is 11.8 Å². The molecule has 0 fully saturated rings. The van der Waals surface area contributed by atoms with Crippen LogP contribution in [0, 0.1) is 5.82 Å². The van der Waals surface area contributed by atoms with Crippen molar-refractivity contribution < 1.29 is 13.9 Å². The second-order valence-corrected chi connectivity index (χ2v) is 7.16. The highest BCUT2D eigenvalue weighted by Crippen LogP contribution is 2.28. The van der Waals surface area contributed by atoms with E-state index in [1.165, 1.54) is 16.7 Å². The molecular formula is C19H21FN2O3. The molecular weight excluding hydrogens is 323 g/mol. The van der Waals surface area contributed by atoms with Crippen molar-refractivity contribution in [1.82, 2.24) is 4.57 Å². The number of carbonyl (C=O) groups is 1. The molecule has 2 aromatic rings. The first-order chi connectivity index (χ1) is 11.7. The van der Waals surface area contributed by atoms with Crippen molar-refractivity contribution in [2.24, 2.45) is 0 Å². The zero-order valence-corrected chi connectivity index (χ0v) is 14.6. The highest BCUT2D eigenvalue weighted by atomic mass is 19.1. The van der Waals surface area contributed by atoms with E-state index in [-0.39, 0.29) is 11.4 Å². The van der Waals surface area contributed by atoms with Crippen LogP contribution in [0.4, 0.5) is 14.9 Å².